The molecule has 0 aliphatic heterocycles. The topological polar surface area (TPSA) is 65.7 Å². The lowest BCUT2D eigenvalue weighted by atomic mass is 10.1. The highest BCUT2D eigenvalue weighted by Crippen LogP contribution is 2.50. The Bertz CT molecular complexity index is 416. The second kappa shape index (κ2) is 4.41. The van der Waals surface area contributed by atoms with E-state index in [1.807, 2.05) is 26.0 Å². The predicted octanol–water partition coefficient (Wildman–Crippen LogP) is 2.11. The van der Waals surface area contributed by atoms with Gasteiger partial charge in [-0.25, -0.2) is 9.86 Å². The molecule has 0 radical (unpaired) electrons. The molecule has 1 fully saturated rings. The third-order valence-electron chi connectivity index (χ3n) is 3.39. The van der Waals surface area contributed by atoms with Gasteiger partial charge in [-0.15, -0.1) is 0 Å². The average Bonchev–Trinajstić information content (AvgIpc) is 3.02. The van der Waals surface area contributed by atoms with Crippen LogP contribution < -0.4 is 5.32 Å². The summed E-state index contributed by atoms with van der Waals surface area (Å²) in [6, 6.07) is 3.23. The van der Waals surface area contributed by atoms with Gasteiger partial charge < -0.3 is 9.73 Å². The van der Waals surface area contributed by atoms with Gasteiger partial charge in [0.15, 0.2) is 0 Å². The van der Waals surface area contributed by atoms with Crippen molar-refractivity contribution in [2.45, 2.75) is 32.2 Å². The summed E-state index contributed by atoms with van der Waals surface area (Å²) in [5.41, 5.74) is 0. The van der Waals surface area contributed by atoms with E-state index in [4.69, 9.17) is 4.42 Å². The molecule has 94 valence electrons. The second-order valence-electron chi connectivity index (χ2n) is 4.59. The summed E-state index contributed by atoms with van der Waals surface area (Å²) >= 11 is 0. The molecular formula is C12H18N2O3. The third-order valence-corrected chi connectivity index (χ3v) is 3.39. The smallest absolute Gasteiger partial charge is 0.341 e. The lowest BCUT2D eigenvalue weighted by Crippen LogP contribution is -2.42. The van der Waals surface area contributed by atoms with E-state index in [2.05, 4.69) is 5.32 Å². The molecule has 1 aliphatic carbocycles. The molecule has 1 aromatic heterocycles. The average molecular weight is 238 g/mol. The Kier molecular flexibility index (Phi) is 3.11. The van der Waals surface area contributed by atoms with Crippen LogP contribution in [0.3, 0.4) is 0 Å². The minimum atomic E-state index is -0.473. The Morgan fingerprint density at radius 3 is 2.88 bits per heavy atom. The van der Waals surface area contributed by atoms with Crippen LogP contribution in [0.25, 0.3) is 0 Å². The van der Waals surface area contributed by atoms with Crippen LogP contribution in [0.1, 0.15) is 30.8 Å². The van der Waals surface area contributed by atoms with Crippen molar-refractivity contribution in [1.29, 1.82) is 0 Å². The summed E-state index contributed by atoms with van der Waals surface area (Å²) in [7, 11) is 1.50. The highest BCUT2D eigenvalue weighted by molar-refractivity contribution is 5.72. The number of aryl methyl sites for hydroxylation is 1. The van der Waals surface area contributed by atoms with Gasteiger partial charge in [-0.2, -0.15) is 0 Å². The molecule has 5 heteroatoms. The quantitative estimate of drug-likeness (QED) is 0.626. The summed E-state index contributed by atoms with van der Waals surface area (Å²) < 4.78 is 5.55. The summed E-state index contributed by atoms with van der Waals surface area (Å²) in [6.07, 6.45) is 0.947. The van der Waals surface area contributed by atoms with Crippen molar-refractivity contribution in [1.82, 2.24) is 10.4 Å². The van der Waals surface area contributed by atoms with Gasteiger partial charge in [-0.1, -0.05) is 0 Å². The van der Waals surface area contributed by atoms with E-state index in [0.29, 0.717) is 5.92 Å². The van der Waals surface area contributed by atoms with Crippen LogP contribution in [0.5, 0.6) is 0 Å². The van der Waals surface area contributed by atoms with Crippen LogP contribution in [0, 0.1) is 12.8 Å². The summed E-state index contributed by atoms with van der Waals surface area (Å²) in [5, 5.41) is 12.8. The number of hydrogen-bond donors (Lipinski definition) is 2. The molecule has 3 unspecified atom stereocenters. The van der Waals surface area contributed by atoms with Crippen LogP contribution in [0.4, 0.5) is 4.79 Å². The number of nitrogens with zero attached hydrogens (tertiary/aromatic N) is 1. The fourth-order valence-corrected chi connectivity index (χ4v) is 2.21. The highest BCUT2D eigenvalue weighted by atomic mass is 16.5. The largest absolute Gasteiger partial charge is 0.466 e. The van der Waals surface area contributed by atoms with Crippen LogP contribution in [0.15, 0.2) is 16.5 Å². The monoisotopic (exact) mass is 238 g/mol. The van der Waals surface area contributed by atoms with Crippen molar-refractivity contribution in [2.75, 3.05) is 7.05 Å². The first kappa shape index (κ1) is 12.0. The van der Waals surface area contributed by atoms with Crippen LogP contribution in [0.2, 0.25) is 0 Å². The third kappa shape index (κ3) is 2.29. The van der Waals surface area contributed by atoms with Crippen molar-refractivity contribution in [3.05, 3.63) is 23.7 Å². The molecule has 17 heavy (non-hydrogen) atoms. The molecule has 2 rings (SSSR count). The van der Waals surface area contributed by atoms with Gasteiger partial charge in [-0.3, -0.25) is 5.21 Å². The summed E-state index contributed by atoms with van der Waals surface area (Å²) in [4.78, 5) is 11.3. The first-order valence-corrected chi connectivity index (χ1v) is 5.80. The number of nitrogens with one attached hydrogen (secondary N) is 1. The zero-order valence-corrected chi connectivity index (χ0v) is 10.3. The molecule has 5 nitrogen and oxygen atoms in total. The standard InChI is InChI=1S/C12H18N2O3/c1-7-4-5-11(17-7)10-6-9(10)8(2)14(16)12(15)13-3/h4-5,8-10,16H,6H2,1-3H3,(H,13,15). The fraction of sp³-hybridized carbons (Fsp3) is 0.583. The van der Waals surface area contributed by atoms with E-state index in [1.165, 1.54) is 7.05 Å². The Morgan fingerprint density at radius 1 is 1.65 bits per heavy atom. The molecule has 0 spiro atoms. The van der Waals surface area contributed by atoms with Gasteiger partial charge >= 0.3 is 6.03 Å². The van der Waals surface area contributed by atoms with E-state index in [9.17, 15) is 10.0 Å². The van der Waals surface area contributed by atoms with E-state index < -0.39 is 6.03 Å². The SMILES string of the molecule is CNC(=O)N(O)C(C)C1CC1c1ccc(C)o1. The minimum absolute atomic E-state index is 0.203. The molecular weight excluding hydrogens is 220 g/mol. The number of carbonyl (C=O) groups is 1. The second-order valence-corrected chi connectivity index (χ2v) is 4.59. The molecule has 1 aromatic rings. The molecule has 1 aliphatic rings. The van der Waals surface area contributed by atoms with Crippen molar-refractivity contribution in [3.8, 4) is 0 Å². The van der Waals surface area contributed by atoms with E-state index in [0.717, 1.165) is 23.0 Å². The number of urea groups is 1. The van der Waals surface area contributed by atoms with Crippen LogP contribution in [-0.2, 0) is 0 Å². The van der Waals surface area contributed by atoms with Crippen molar-refractivity contribution >= 4 is 6.03 Å². The molecule has 0 saturated heterocycles. The van der Waals surface area contributed by atoms with Crippen molar-refractivity contribution < 1.29 is 14.4 Å². The highest BCUT2D eigenvalue weighted by Gasteiger charge is 2.46. The van der Waals surface area contributed by atoms with Gasteiger partial charge in [0.1, 0.15) is 11.5 Å². The maximum absolute atomic E-state index is 11.3. The van der Waals surface area contributed by atoms with E-state index in [-0.39, 0.29) is 12.0 Å². The van der Waals surface area contributed by atoms with Gasteiger partial charge in [0.25, 0.3) is 0 Å². The van der Waals surface area contributed by atoms with E-state index >= 15 is 0 Å². The Balaban J connectivity index is 1.96. The first-order chi connectivity index (χ1) is 8.04. The van der Waals surface area contributed by atoms with Crippen molar-refractivity contribution in [2.24, 2.45) is 5.92 Å². The maximum atomic E-state index is 11.3. The molecule has 1 heterocycles. The number of amides is 2. The Morgan fingerprint density at radius 2 is 2.35 bits per heavy atom. The normalized spacial score (nSPS) is 24.2. The minimum Gasteiger partial charge on any atom is -0.466 e. The number of hydrogen-bond acceptors (Lipinski definition) is 3. The fourth-order valence-electron chi connectivity index (χ4n) is 2.21. The van der Waals surface area contributed by atoms with Crippen LogP contribution in [-0.4, -0.2) is 29.4 Å². The molecule has 0 aromatic carbocycles. The molecule has 2 amide bonds. The number of carbonyl (C=O) groups excluding carboxylic acids is 1. The first-order valence-electron chi connectivity index (χ1n) is 5.80. The molecule has 2 N–H and O–H groups in total. The van der Waals surface area contributed by atoms with Gasteiger partial charge in [0, 0.05) is 13.0 Å². The lowest BCUT2D eigenvalue weighted by molar-refractivity contribution is -0.0788. The summed E-state index contributed by atoms with van der Waals surface area (Å²) in [5.74, 6) is 2.43. The molecule has 0 bridgehead atoms. The Hall–Kier alpha value is -1.49. The Labute approximate surface area is 100 Å². The number of hydroxylamine groups is 2. The molecule has 1 saturated carbocycles. The lowest BCUT2D eigenvalue weighted by Gasteiger charge is -2.22. The van der Waals surface area contributed by atoms with Gasteiger partial charge in [-0.05, 0) is 38.3 Å². The predicted molar refractivity (Wildman–Crippen MR) is 61.8 cm³/mol. The van der Waals surface area contributed by atoms with E-state index in [1.54, 1.807) is 0 Å². The van der Waals surface area contributed by atoms with Crippen molar-refractivity contribution in [3.63, 3.8) is 0 Å². The maximum Gasteiger partial charge on any atom is 0.341 e. The van der Waals surface area contributed by atoms with Gasteiger partial charge in [0.2, 0.25) is 0 Å². The molecule has 3 atom stereocenters. The van der Waals surface area contributed by atoms with Crippen LogP contribution >= 0.6 is 0 Å². The number of rotatable bonds is 3. The summed E-state index contributed by atoms with van der Waals surface area (Å²) in [6.45, 7) is 3.75. The van der Waals surface area contributed by atoms with Gasteiger partial charge in [0.05, 0.1) is 6.04 Å². The zero-order chi connectivity index (χ0) is 12.6. The zero-order valence-electron chi connectivity index (χ0n) is 10.3. The number of furan rings is 1.